The Morgan fingerprint density at radius 3 is 2.32 bits per heavy atom. The van der Waals surface area contributed by atoms with Gasteiger partial charge in [0.15, 0.2) is 0 Å². The minimum Gasteiger partial charge on any atom is -0.477 e. The van der Waals surface area contributed by atoms with E-state index in [4.69, 9.17) is 11.6 Å². The van der Waals surface area contributed by atoms with E-state index in [2.05, 4.69) is 18.8 Å². The summed E-state index contributed by atoms with van der Waals surface area (Å²) in [5, 5.41) is 13.8. The molecular weight excluding hydrogens is 516 g/mol. The Labute approximate surface area is 234 Å². The van der Waals surface area contributed by atoms with E-state index in [1.807, 2.05) is 69.3 Å². The average molecular weight is 551 g/mol. The van der Waals surface area contributed by atoms with Crippen LogP contribution in [0.4, 0.5) is 11.4 Å². The number of nitrogens with zero attached hydrogens (tertiary/aromatic N) is 1. The van der Waals surface area contributed by atoms with Crippen LogP contribution < -0.4 is 10.2 Å². The number of amides is 1. The fraction of sp³-hybridized carbons (Fsp3) is 0.355. The third-order valence-corrected chi connectivity index (χ3v) is 8.70. The standard InChI is InChI=1S/C31H35ClN2O3S/c1-18(2)34(30(35)23-12-8-20(4)9-13-23)27-17-28(38-29(27)31(36)37)24-14-15-26(25(32)16-24)33-21(5)22-10-6-19(3)7-11-22/h6-7,10-11,14-18,20,23,33H,5,8-9,12-13H2,1-4H3,(H,36,37)/t20-,23-. The van der Waals surface area contributed by atoms with Gasteiger partial charge in [-0.3, -0.25) is 4.79 Å². The largest absolute Gasteiger partial charge is 0.477 e. The fourth-order valence-electron chi connectivity index (χ4n) is 4.97. The molecular formula is C31H35ClN2O3S. The lowest BCUT2D eigenvalue weighted by molar-refractivity contribution is -0.123. The van der Waals surface area contributed by atoms with Gasteiger partial charge in [-0.2, -0.15) is 0 Å². The van der Waals surface area contributed by atoms with Crippen LogP contribution in [-0.4, -0.2) is 23.0 Å². The molecule has 7 heteroatoms. The summed E-state index contributed by atoms with van der Waals surface area (Å²) in [6, 6.07) is 15.3. The second kappa shape index (κ2) is 11.7. The molecule has 0 radical (unpaired) electrons. The molecule has 38 heavy (non-hydrogen) atoms. The summed E-state index contributed by atoms with van der Waals surface area (Å²) in [5.41, 5.74) is 4.84. The summed E-state index contributed by atoms with van der Waals surface area (Å²) >= 11 is 7.81. The van der Waals surface area contributed by atoms with E-state index in [0.29, 0.717) is 22.3 Å². The van der Waals surface area contributed by atoms with Crippen molar-refractivity contribution in [2.45, 2.75) is 59.4 Å². The van der Waals surface area contributed by atoms with E-state index in [1.54, 1.807) is 4.90 Å². The number of hydrogen-bond donors (Lipinski definition) is 2. The molecule has 0 saturated heterocycles. The van der Waals surface area contributed by atoms with Crippen LogP contribution in [-0.2, 0) is 4.79 Å². The van der Waals surface area contributed by atoms with Gasteiger partial charge >= 0.3 is 5.97 Å². The Kier molecular flexibility index (Phi) is 8.64. The number of anilines is 2. The van der Waals surface area contributed by atoms with Gasteiger partial charge in [-0.05, 0) is 81.7 Å². The Hall–Kier alpha value is -3.09. The number of aromatic carboxylic acids is 1. The van der Waals surface area contributed by atoms with Crippen LogP contribution in [0.1, 0.15) is 67.3 Å². The molecule has 2 aromatic carbocycles. The van der Waals surface area contributed by atoms with Crippen LogP contribution in [0.2, 0.25) is 5.02 Å². The van der Waals surface area contributed by atoms with Crippen LogP contribution in [0.15, 0.2) is 55.1 Å². The first-order chi connectivity index (χ1) is 18.0. The molecule has 0 aliphatic heterocycles. The number of aryl methyl sites for hydroxylation is 1. The molecule has 0 bridgehead atoms. The van der Waals surface area contributed by atoms with Gasteiger partial charge in [-0.1, -0.05) is 61.0 Å². The highest BCUT2D eigenvalue weighted by Gasteiger charge is 2.33. The molecule has 3 aromatic rings. The molecule has 0 atom stereocenters. The lowest BCUT2D eigenvalue weighted by Crippen LogP contribution is -2.42. The molecule has 0 spiro atoms. The van der Waals surface area contributed by atoms with Crippen LogP contribution in [0.3, 0.4) is 0 Å². The van der Waals surface area contributed by atoms with Crippen LogP contribution in [0.5, 0.6) is 0 Å². The number of nitrogens with one attached hydrogen (secondary N) is 1. The van der Waals surface area contributed by atoms with E-state index in [-0.39, 0.29) is 22.7 Å². The molecule has 1 aliphatic carbocycles. The van der Waals surface area contributed by atoms with E-state index >= 15 is 0 Å². The summed E-state index contributed by atoms with van der Waals surface area (Å²) in [6.07, 6.45) is 3.75. The monoisotopic (exact) mass is 550 g/mol. The SMILES string of the molecule is C=C(Nc1ccc(-c2cc(N(C(=O)[C@H]3CC[C@H](C)CC3)C(C)C)c(C(=O)O)s2)cc1Cl)c1ccc(C)cc1. The first kappa shape index (κ1) is 27.9. The van der Waals surface area contributed by atoms with E-state index in [0.717, 1.165) is 47.4 Å². The van der Waals surface area contributed by atoms with E-state index in [1.165, 1.54) is 16.9 Å². The molecule has 200 valence electrons. The van der Waals surface area contributed by atoms with Crippen molar-refractivity contribution in [2.24, 2.45) is 11.8 Å². The predicted molar refractivity (Wildman–Crippen MR) is 159 cm³/mol. The number of carbonyl (C=O) groups excluding carboxylic acids is 1. The number of hydrogen-bond acceptors (Lipinski definition) is 4. The first-order valence-electron chi connectivity index (χ1n) is 13.1. The van der Waals surface area contributed by atoms with Gasteiger partial charge in [0.05, 0.1) is 16.4 Å². The first-order valence-corrected chi connectivity index (χ1v) is 14.3. The molecule has 5 nitrogen and oxygen atoms in total. The molecule has 1 saturated carbocycles. The zero-order chi connectivity index (χ0) is 27.6. The minimum atomic E-state index is -1.04. The van der Waals surface area contributed by atoms with Crippen molar-refractivity contribution in [2.75, 3.05) is 10.2 Å². The zero-order valence-corrected chi connectivity index (χ0v) is 24.0. The normalized spacial score (nSPS) is 17.3. The lowest BCUT2D eigenvalue weighted by Gasteiger charge is -2.33. The highest BCUT2D eigenvalue weighted by atomic mass is 35.5. The van der Waals surface area contributed by atoms with Gasteiger partial charge in [0, 0.05) is 22.5 Å². The summed E-state index contributed by atoms with van der Waals surface area (Å²) in [5.74, 6) is -0.457. The Bertz CT molecular complexity index is 1340. The Morgan fingerprint density at radius 1 is 1.08 bits per heavy atom. The number of carboxylic acids is 1. The number of rotatable bonds is 8. The van der Waals surface area contributed by atoms with Gasteiger partial charge in [-0.25, -0.2) is 4.79 Å². The summed E-state index contributed by atoms with van der Waals surface area (Å²) in [6.45, 7) is 12.3. The van der Waals surface area contributed by atoms with Crippen molar-refractivity contribution < 1.29 is 14.7 Å². The van der Waals surface area contributed by atoms with Gasteiger partial charge in [0.2, 0.25) is 5.91 Å². The molecule has 4 rings (SSSR count). The molecule has 1 aromatic heterocycles. The summed E-state index contributed by atoms with van der Waals surface area (Å²) < 4.78 is 0. The highest BCUT2D eigenvalue weighted by molar-refractivity contribution is 7.18. The number of benzene rings is 2. The maximum atomic E-state index is 13.6. The smallest absolute Gasteiger partial charge is 0.348 e. The number of carboxylic acid groups (broad SMARTS) is 1. The van der Waals surface area contributed by atoms with Crippen molar-refractivity contribution in [3.8, 4) is 10.4 Å². The second-order valence-corrected chi connectivity index (χ2v) is 12.0. The van der Waals surface area contributed by atoms with Crippen molar-refractivity contribution >= 4 is 51.9 Å². The van der Waals surface area contributed by atoms with Crippen molar-refractivity contribution in [1.82, 2.24) is 0 Å². The maximum Gasteiger partial charge on any atom is 0.348 e. The van der Waals surface area contributed by atoms with Gasteiger partial charge < -0.3 is 15.3 Å². The molecule has 1 aliphatic rings. The average Bonchev–Trinajstić information content (AvgIpc) is 3.31. The summed E-state index contributed by atoms with van der Waals surface area (Å²) in [4.78, 5) is 28.5. The quantitative estimate of drug-likeness (QED) is 0.294. The minimum absolute atomic E-state index is 0.0194. The maximum absolute atomic E-state index is 13.6. The van der Waals surface area contributed by atoms with Crippen molar-refractivity contribution in [1.29, 1.82) is 0 Å². The third-order valence-electron chi connectivity index (χ3n) is 7.22. The molecule has 1 amide bonds. The number of thiophene rings is 1. The van der Waals surface area contributed by atoms with Crippen molar-refractivity contribution in [3.05, 3.63) is 76.1 Å². The Morgan fingerprint density at radius 2 is 1.74 bits per heavy atom. The van der Waals surface area contributed by atoms with Crippen LogP contribution in [0.25, 0.3) is 16.1 Å². The van der Waals surface area contributed by atoms with E-state index < -0.39 is 5.97 Å². The molecule has 2 N–H and O–H groups in total. The molecule has 1 fully saturated rings. The van der Waals surface area contributed by atoms with Crippen molar-refractivity contribution in [3.63, 3.8) is 0 Å². The van der Waals surface area contributed by atoms with Gasteiger partial charge in [-0.15, -0.1) is 11.3 Å². The van der Waals surface area contributed by atoms with Gasteiger partial charge in [0.1, 0.15) is 4.88 Å². The fourth-order valence-corrected chi connectivity index (χ4v) is 6.18. The Balaban J connectivity index is 1.61. The summed E-state index contributed by atoms with van der Waals surface area (Å²) in [7, 11) is 0. The zero-order valence-electron chi connectivity index (χ0n) is 22.4. The second-order valence-electron chi connectivity index (χ2n) is 10.6. The number of halogens is 1. The van der Waals surface area contributed by atoms with Crippen LogP contribution >= 0.6 is 22.9 Å². The highest BCUT2D eigenvalue weighted by Crippen LogP contribution is 2.41. The predicted octanol–water partition coefficient (Wildman–Crippen LogP) is 8.73. The molecule has 1 heterocycles. The topological polar surface area (TPSA) is 69.6 Å². The van der Waals surface area contributed by atoms with Crippen LogP contribution in [0, 0.1) is 18.8 Å². The lowest BCUT2D eigenvalue weighted by atomic mass is 9.82. The molecule has 0 unspecified atom stereocenters. The van der Waals surface area contributed by atoms with Gasteiger partial charge in [0.25, 0.3) is 0 Å². The van der Waals surface area contributed by atoms with E-state index in [9.17, 15) is 14.7 Å². The third kappa shape index (κ3) is 6.13. The number of carbonyl (C=O) groups is 2.